The summed E-state index contributed by atoms with van der Waals surface area (Å²) in [5, 5.41) is 0.776. The van der Waals surface area contributed by atoms with Gasteiger partial charge in [0.25, 0.3) is 10.0 Å². The molecule has 8 heteroatoms. The molecular weight excluding hydrogens is 382 g/mol. The van der Waals surface area contributed by atoms with Crippen molar-refractivity contribution in [2.75, 3.05) is 11.8 Å². The zero-order valence-electron chi connectivity index (χ0n) is 15.6. The zero-order chi connectivity index (χ0) is 19.6. The Bertz CT molecular complexity index is 1080. The minimum atomic E-state index is -3.75. The van der Waals surface area contributed by atoms with Gasteiger partial charge >= 0.3 is 0 Å². The lowest BCUT2D eigenvalue weighted by atomic mass is 10.1. The van der Waals surface area contributed by atoms with E-state index in [0.29, 0.717) is 17.0 Å². The smallest absolute Gasteiger partial charge is 0.262 e. The number of ether oxygens (including phenoxy) is 1. The molecule has 0 spiro atoms. The molecule has 1 heterocycles. The molecule has 0 unspecified atom stereocenters. The minimum absolute atomic E-state index is 0.234. The summed E-state index contributed by atoms with van der Waals surface area (Å²) in [5.41, 5.74) is 1.90. The van der Waals surface area contributed by atoms with Crippen LogP contribution in [0, 0.1) is 13.8 Å². The van der Waals surface area contributed by atoms with Crippen molar-refractivity contribution in [3.63, 3.8) is 0 Å². The van der Waals surface area contributed by atoms with E-state index in [1.807, 2.05) is 36.9 Å². The van der Waals surface area contributed by atoms with Gasteiger partial charge in [0, 0.05) is 24.3 Å². The SMILES string of the molecule is COc1cc(C)c(S(=O)(=O)Nc2ccccc2Sc2nccn2C)cc1C. The first-order chi connectivity index (χ1) is 12.8. The van der Waals surface area contributed by atoms with Crippen LogP contribution < -0.4 is 9.46 Å². The van der Waals surface area contributed by atoms with E-state index in [1.165, 1.54) is 11.8 Å². The maximum atomic E-state index is 13.0. The van der Waals surface area contributed by atoms with Crippen LogP contribution in [0.4, 0.5) is 5.69 Å². The van der Waals surface area contributed by atoms with Gasteiger partial charge in [0.2, 0.25) is 0 Å². The molecule has 0 saturated carbocycles. The number of nitrogens with zero attached hydrogens (tertiary/aromatic N) is 2. The van der Waals surface area contributed by atoms with Crippen molar-refractivity contribution in [2.45, 2.75) is 28.8 Å². The van der Waals surface area contributed by atoms with Crippen molar-refractivity contribution in [1.29, 1.82) is 0 Å². The molecule has 27 heavy (non-hydrogen) atoms. The zero-order valence-corrected chi connectivity index (χ0v) is 17.2. The number of rotatable bonds is 6. The lowest BCUT2D eigenvalue weighted by Crippen LogP contribution is -2.15. The molecule has 3 rings (SSSR count). The van der Waals surface area contributed by atoms with Gasteiger partial charge in [0.05, 0.1) is 17.7 Å². The maximum absolute atomic E-state index is 13.0. The Kier molecular flexibility index (Phi) is 5.48. The quantitative estimate of drug-likeness (QED) is 0.673. The van der Waals surface area contributed by atoms with Crippen LogP contribution in [0.5, 0.6) is 5.75 Å². The predicted octanol–water partition coefficient (Wildman–Crippen LogP) is 4.00. The third-order valence-electron chi connectivity index (χ3n) is 4.09. The predicted molar refractivity (Wildman–Crippen MR) is 107 cm³/mol. The first-order valence-electron chi connectivity index (χ1n) is 8.24. The highest BCUT2D eigenvalue weighted by Gasteiger charge is 2.20. The van der Waals surface area contributed by atoms with Crippen molar-refractivity contribution in [2.24, 2.45) is 7.05 Å². The summed E-state index contributed by atoms with van der Waals surface area (Å²) in [6.45, 7) is 3.58. The molecule has 142 valence electrons. The molecular formula is C19H21N3O3S2. The summed E-state index contributed by atoms with van der Waals surface area (Å²) < 4.78 is 35.9. The molecule has 1 N–H and O–H groups in total. The third kappa shape index (κ3) is 4.12. The highest BCUT2D eigenvalue weighted by Crippen LogP contribution is 2.34. The molecule has 0 aliphatic heterocycles. The molecule has 0 amide bonds. The molecule has 0 aliphatic rings. The van der Waals surface area contributed by atoms with Gasteiger partial charge in [-0.1, -0.05) is 12.1 Å². The van der Waals surface area contributed by atoms with Gasteiger partial charge < -0.3 is 9.30 Å². The van der Waals surface area contributed by atoms with E-state index in [0.717, 1.165) is 15.6 Å². The van der Waals surface area contributed by atoms with Crippen molar-refractivity contribution < 1.29 is 13.2 Å². The number of anilines is 1. The van der Waals surface area contributed by atoms with Crippen LogP contribution in [0.3, 0.4) is 0 Å². The van der Waals surface area contributed by atoms with Gasteiger partial charge in [-0.3, -0.25) is 4.72 Å². The molecule has 0 aliphatic carbocycles. The van der Waals surface area contributed by atoms with Crippen LogP contribution >= 0.6 is 11.8 Å². The number of nitrogens with one attached hydrogen (secondary N) is 1. The van der Waals surface area contributed by atoms with Gasteiger partial charge in [-0.05, 0) is 61.0 Å². The monoisotopic (exact) mass is 403 g/mol. The van der Waals surface area contributed by atoms with E-state index in [9.17, 15) is 8.42 Å². The van der Waals surface area contributed by atoms with E-state index in [1.54, 1.807) is 44.5 Å². The van der Waals surface area contributed by atoms with E-state index >= 15 is 0 Å². The highest BCUT2D eigenvalue weighted by molar-refractivity contribution is 7.99. The minimum Gasteiger partial charge on any atom is -0.496 e. The van der Waals surface area contributed by atoms with Crippen LogP contribution in [-0.4, -0.2) is 25.1 Å². The van der Waals surface area contributed by atoms with Crippen molar-refractivity contribution in [3.05, 3.63) is 59.9 Å². The van der Waals surface area contributed by atoms with Gasteiger partial charge in [-0.15, -0.1) is 0 Å². The topological polar surface area (TPSA) is 73.2 Å². The van der Waals surface area contributed by atoms with Crippen LogP contribution in [0.25, 0.3) is 0 Å². The third-order valence-corrected chi connectivity index (χ3v) is 6.75. The van der Waals surface area contributed by atoms with Gasteiger partial charge in [0.1, 0.15) is 5.75 Å². The van der Waals surface area contributed by atoms with Crippen LogP contribution in [-0.2, 0) is 17.1 Å². The largest absolute Gasteiger partial charge is 0.496 e. The summed E-state index contributed by atoms with van der Waals surface area (Å²) in [4.78, 5) is 5.30. The number of hydrogen-bond acceptors (Lipinski definition) is 5. The fourth-order valence-corrected chi connectivity index (χ4v) is 5.01. The molecule has 0 bridgehead atoms. The fraction of sp³-hybridized carbons (Fsp3) is 0.211. The van der Waals surface area contributed by atoms with Crippen molar-refractivity contribution in [1.82, 2.24) is 9.55 Å². The van der Waals surface area contributed by atoms with Gasteiger partial charge in [-0.2, -0.15) is 0 Å². The average molecular weight is 404 g/mol. The van der Waals surface area contributed by atoms with Crippen LogP contribution in [0.2, 0.25) is 0 Å². The fourth-order valence-electron chi connectivity index (χ4n) is 2.66. The normalized spacial score (nSPS) is 11.4. The Balaban J connectivity index is 1.95. The number of sulfonamides is 1. The average Bonchev–Trinajstić information content (AvgIpc) is 3.02. The summed E-state index contributed by atoms with van der Waals surface area (Å²) in [5.74, 6) is 0.664. The van der Waals surface area contributed by atoms with E-state index in [2.05, 4.69) is 9.71 Å². The molecule has 0 atom stereocenters. The Morgan fingerprint density at radius 3 is 2.56 bits per heavy atom. The number of methoxy groups -OCH3 is 1. The lowest BCUT2D eigenvalue weighted by molar-refractivity contribution is 0.411. The Labute approximate surface area is 163 Å². The van der Waals surface area contributed by atoms with E-state index in [4.69, 9.17) is 4.74 Å². The number of para-hydroxylation sites is 1. The molecule has 6 nitrogen and oxygen atoms in total. The highest BCUT2D eigenvalue weighted by atomic mass is 32.2. The summed E-state index contributed by atoms with van der Waals surface area (Å²) >= 11 is 1.40. The molecule has 0 fully saturated rings. The second-order valence-corrected chi connectivity index (χ2v) is 8.77. The van der Waals surface area contributed by atoms with Gasteiger partial charge in [-0.25, -0.2) is 13.4 Å². The number of aromatic nitrogens is 2. The van der Waals surface area contributed by atoms with Crippen molar-refractivity contribution >= 4 is 27.5 Å². The molecule has 1 aromatic heterocycles. The number of hydrogen-bond donors (Lipinski definition) is 1. The summed E-state index contributed by atoms with van der Waals surface area (Å²) in [7, 11) is -0.286. The van der Waals surface area contributed by atoms with E-state index in [-0.39, 0.29) is 4.90 Å². The molecule has 0 radical (unpaired) electrons. The van der Waals surface area contributed by atoms with E-state index < -0.39 is 10.0 Å². The van der Waals surface area contributed by atoms with Gasteiger partial charge in [0.15, 0.2) is 5.16 Å². The maximum Gasteiger partial charge on any atom is 0.262 e. The first kappa shape index (κ1) is 19.3. The first-order valence-corrected chi connectivity index (χ1v) is 10.5. The molecule has 2 aromatic carbocycles. The molecule has 0 saturated heterocycles. The Morgan fingerprint density at radius 2 is 1.89 bits per heavy atom. The second kappa shape index (κ2) is 7.66. The lowest BCUT2D eigenvalue weighted by Gasteiger charge is -2.15. The second-order valence-electron chi connectivity index (χ2n) is 6.11. The van der Waals surface area contributed by atoms with Crippen LogP contribution in [0.1, 0.15) is 11.1 Å². The Hall–Kier alpha value is -2.45. The van der Waals surface area contributed by atoms with Crippen LogP contribution in [0.15, 0.2) is 63.7 Å². The number of benzene rings is 2. The summed E-state index contributed by atoms with van der Waals surface area (Å²) in [6.07, 6.45) is 3.55. The number of aryl methyl sites for hydroxylation is 3. The van der Waals surface area contributed by atoms with Crippen molar-refractivity contribution in [3.8, 4) is 5.75 Å². The summed E-state index contributed by atoms with van der Waals surface area (Å²) in [6, 6.07) is 10.6. The Morgan fingerprint density at radius 1 is 1.15 bits per heavy atom. The molecule has 3 aromatic rings. The standard InChI is InChI=1S/C19H21N3O3S2/c1-13-12-18(14(2)11-16(13)25-4)27(23,24)21-15-7-5-6-8-17(15)26-19-20-9-10-22(19)3/h5-12,21H,1-4H3. The number of imidazole rings is 1.